The molecule has 162 valence electrons. The van der Waals surface area contributed by atoms with Crippen molar-refractivity contribution in [3.63, 3.8) is 0 Å². The van der Waals surface area contributed by atoms with E-state index in [0.29, 0.717) is 16.7 Å². The van der Waals surface area contributed by atoms with Gasteiger partial charge in [-0.05, 0) is 24.6 Å². The lowest BCUT2D eigenvalue weighted by molar-refractivity contribution is -0.134. The maximum absolute atomic E-state index is 13.6. The number of carbonyl (C=O) groups excluding carboxylic acids is 3. The summed E-state index contributed by atoms with van der Waals surface area (Å²) in [6, 6.07) is 23.2. The minimum atomic E-state index is -1.64. The van der Waals surface area contributed by atoms with Gasteiger partial charge >= 0.3 is 0 Å². The standard InChI is InChI=1S/C27H24O5/c1-27(32)16-21(29)23(25(30)18-8-4-2-5-9-18)22(17-12-14-20(28)15-13-17)24(27)26(31)19-10-6-3-7-11-19/h2-15,22-24,28,32H,16H2,1H3. The topological polar surface area (TPSA) is 91.7 Å². The van der Waals surface area contributed by atoms with Crippen LogP contribution in [0, 0.1) is 11.8 Å². The van der Waals surface area contributed by atoms with E-state index < -0.39 is 29.1 Å². The van der Waals surface area contributed by atoms with Gasteiger partial charge in [0.05, 0.1) is 17.4 Å². The molecule has 0 spiro atoms. The van der Waals surface area contributed by atoms with Crippen molar-refractivity contribution in [3.05, 3.63) is 102 Å². The molecule has 4 unspecified atom stereocenters. The molecule has 0 aliphatic heterocycles. The van der Waals surface area contributed by atoms with Crippen molar-refractivity contribution < 1.29 is 24.6 Å². The van der Waals surface area contributed by atoms with Crippen molar-refractivity contribution in [2.45, 2.75) is 24.9 Å². The van der Waals surface area contributed by atoms with E-state index in [4.69, 9.17) is 0 Å². The van der Waals surface area contributed by atoms with Crippen molar-refractivity contribution in [2.75, 3.05) is 0 Å². The minimum absolute atomic E-state index is 0.0273. The lowest BCUT2D eigenvalue weighted by Gasteiger charge is -2.45. The third-order valence-corrected chi connectivity index (χ3v) is 6.23. The second-order valence-corrected chi connectivity index (χ2v) is 8.53. The Bertz CT molecular complexity index is 1130. The molecule has 1 aliphatic rings. The van der Waals surface area contributed by atoms with E-state index in [1.54, 1.807) is 72.8 Å². The number of benzene rings is 3. The van der Waals surface area contributed by atoms with E-state index in [0.717, 1.165) is 0 Å². The van der Waals surface area contributed by atoms with Crippen LogP contribution in [0.15, 0.2) is 84.9 Å². The van der Waals surface area contributed by atoms with Gasteiger partial charge in [-0.1, -0.05) is 72.8 Å². The van der Waals surface area contributed by atoms with E-state index in [2.05, 4.69) is 0 Å². The quantitative estimate of drug-likeness (QED) is 0.469. The zero-order valence-corrected chi connectivity index (χ0v) is 17.6. The Labute approximate surface area is 186 Å². The largest absolute Gasteiger partial charge is 0.508 e. The van der Waals surface area contributed by atoms with Gasteiger partial charge in [0.15, 0.2) is 11.6 Å². The fourth-order valence-corrected chi connectivity index (χ4v) is 4.75. The molecule has 4 atom stereocenters. The zero-order chi connectivity index (χ0) is 22.9. The molecule has 0 bridgehead atoms. The second kappa shape index (κ2) is 8.52. The van der Waals surface area contributed by atoms with Crippen LogP contribution in [0.5, 0.6) is 5.75 Å². The van der Waals surface area contributed by atoms with Gasteiger partial charge in [0.25, 0.3) is 0 Å². The first-order valence-electron chi connectivity index (χ1n) is 10.5. The first-order valence-corrected chi connectivity index (χ1v) is 10.5. The molecule has 5 heteroatoms. The number of phenols is 1. The maximum Gasteiger partial charge on any atom is 0.173 e. The normalized spacial score (nSPS) is 25.3. The predicted octanol–water partition coefficient (Wildman–Crippen LogP) is 4.20. The smallest absolute Gasteiger partial charge is 0.173 e. The molecule has 0 radical (unpaired) electrons. The molecule has 0 amide bonds. The molecule has 1 fully saturated rings. The van der Waals surface area contributed by atoms with Crippen LogP contribution in [-0.4, -0.2) is 33.2 Å². The number of phenolic OH excluding ortho intramolecular Hbond substituents is 1. The van der Waals surface area contributed by atoms with Gasteiger partial charge < -0.3 is 10.2 Å². The zero-order valence-electron chi connectivity index (χ0n) is 17.6. The summed E-state index contributed by atoms with van der Waals surface area (Å²) in [5.74, 6) is -4.11. The SMILES string of the molecule is CC1(O)CC(=O)C(C(=O)c2ccccc2)C(c2ccc(O)cc2)C1C(=O)c1ccccc1. The van der Waals surface area contributed by atoms with Gasteiger partial charge in [-0.3, -0.25) is 14.4 Å². The highest BCUT2D eigenvalue weighted by molar-refractivity contribution is 6.13. The first kappa shape index (κ1) is 21.7. The Hall–Kier alpha value is -3.57. The molecular weight excluding hydrogens is 404 g/mol. The van der Waals surface area contributed by atoms with Crippen molar-refractivity contribution >= 4 is 17.3 Å². The summed E-state index contributed by atoms with van der Waals surface area (Å²) >= 11 is 0. The highest BCUT2D eigenvalue weighted by Crippen LogP contribution is 2.48. The monoisotopic (exact) mass is 428 g/mol. The van der Waals surface area contributed by atoms with E-state index >= 15 is 0 Å². The van der Waals surface area contributed by atoms with Crippen molar-refractivity contribution in [3.8, 4) is 5.75 Å². The summed E-state index contributed by atoms with van der Waals surface area (Å²) in [4.78, 5) is 40.4. The molecule has 5 nitrogen and oxygen atoms in total. The van der Waals surface area contributed by atoms with Crippen LogP contribution in [0.25, 0.3) is 0 Å². The number of carbonyl (C=O) groups is 3. The Morgan fingerprint density at radius 3 is 1.84 bits per heavy atom. The van der Waals surface area contributed by atoms with Gasteiger partial charge in [-0.15, -0.1) is 0 Å². The first-order chi connectivity index (χ1) is 15.3. The fraction of sp³-hybridized carbons (Fsp3) is 0.222. The summed E-state index contributed by atoms with van der Waals surface area (Å²) in [6.07, 6.45) is -0.298. The molecule has 4 rings (SSSR count). The number of Topliss-reactive ketones (excluding diaryl/α,β-unsaturated/α-hetero) is 3. The van der Waals surface area contributed by atoms with Crippen LogP contribution in [-0.2, 0) is 4.79 Å². The molecule has 0 heterocycles. The Balaban J connectivity index is 1.89. The molecule has 1 aliphatic carbocycles. The van der Waals surface area contributed by atoms with Crippen LogP contribution in [0.3, 0.4) is 0 Å². The molecule has 3 aromatic rings. The highest BCUT2D eigenvalue weighted by atomic mass is 16.3. The Morgan fingerprint density at radius 1 is 0.812 bits per heavy atom. The van der Waals surface area contributed by atoms with Crippen molar-refractivity contribution in [2.24, 2.45) is 11.8 Å². The molecular formula is C27H24O5. The van der Waals surface area contributed by atoms with Gasteiger partial charge in [0, 0.05) is 23.5 Å². The summed E-state index contributed by atoms with van der Waals surface area (Å²) < 4.78 is 0. The number of hydrogen-bond donors (Lipinski definition) is 2. The number of hydrogen-bond acceptors (Lipinski definition) is 5. The Kier molecular flexibility index (Phi) is 5.76. The third kappa shape index (κ3) is 3.99. The van der Waals surface area contributed by atoms with E-state index in [1.807, 2.05) is 0 Å². The number of ketones is 3. The third-order valence-electron chi connectivity index (χ3n) is 6.23. The summed E-state index contributed by atoms with van der Waals surface area (Å²) in [5, 5.41) is 21.1. The van der Waals surface area contributed by atoms with E-state index in [9.17, 15) is 24.6 Å². The van der Waals surface area contributed by atoms with Gasteiger partial charge in [0.1, 0.15) is 11.5 Å². The molecule has 32 heavy (non-hydrogen) atoms. The van der Waals surface area contributed by atoms with Crippen LogP contribution in [0.2, 0.25) is 0 Å². The van der Waals surface area contributed by atoms with Crippen LogP contribution < -0.4 is 0 Å². The summed E-state index contributed by atoms with van der Waals surface area (Å²) in [6.45, 7) is 1.48. The van der Waals surface area contributed by atoms with Crippen LogP contribution in [0.4, 0.5) is 0 Å². The van der Waals surface area contributed by atoms with Gasteiger partial charge in [0.2, 0.25) is 0 Å². The van der Waals surface area contributed by atoms with Crippen LogP contribution >= 0.6 is 0 Å². The van der Waals surface area contributed by atoms with Gasteiger partial charge in [-0.2, -0.15) is 0 Å². The molecule has 2 N–H and O–H groups in total. The lowest BCUT2D eigenvalue weighted by atomic mass is 9.58. The predicted molar refractivity (Wildman–Crippen MR) is 120 cm³/mol. The van der Waals surface area contributed by atoms with Crippen molar-refractivity contribution in [1.29, 1.82) is 0 Å². The highest BCUT2D eigenvalue weighted by Gasteiger charge is 2.55. The van der Waals surface area contributed by atoms with Gasteiger partial charge in [-0.25, -0.2) is 0 Å². The molecule has 1 saturated carbocycles. The average Bonchev–Trinajstić information content (AvgIpc) is 2.79. The lowest BCUT2D eigenvalue weighted by Crippen LogP contribution is -2.54. The summed E-state index contributed by atoms with van der Waals surface area (Å²) in [7, 11) is 0. The minimum Gasteiger partial charge on any atom is -0.508 e. The van der Waals surface area contributed by atoms with E-state index in [1.165, 1.54) is 19.1 Å². The summed E-state index contributed by atoms with van der Waals surface area (Å²) in [5.41, 5.74) is -0.316. The fourth-order valence-electron chi connectivity index (χ4n) is 4.75. The number of aromatic hydroxyl groups is 1. The average molecular weight is 428 g/mol. The van der Waals surface area contributed by atoms with E-state index in [-0.39, 0.29) is 23.7 Å². The number of rotatable bonds is 5. The Morgan fingerprint density at radius 2 is 1.31 bits per heavy atom. The maximum atomic E-state index is 13.6. The van der Waals surface area contributed by atoms with Crippen LogP contribution in [0.1, 0.15) is 45.5 Å². The molecule has 3 aromatic carbocycles. The number of aliphatic hydroxyl groups is 1. The second-order valence-electron chi connectivity index (χ2n) is 8.53. The molecule has 0 saturated heterocycles. The molecule has 0 aromatic heterocycles. The van der Waals surface area contributed by atoms with Crippen molar-refractivity contribution in [1.82, 2.24) is 0 Å².